The number of oxazole rings is 1. The molecule has 39 heavy (non-hydrogen) atoms. The lowest BCUT2D eigenvalue weighted by Crippen LogP contribution is -2.49. The number of aromatic nitrogens is 2. The highest BCUT2D eigenvalue weighted by molar-refractivity contribution is 6.00. The van der Waals surface area contributed by atoms with E-state index < -0.39 is 29.6 Å². The fourth-order valence-corrected chi connectivity index (χ4v) is 4.58. The van der Waals surface area contributed by atoms with Crippen molar-refractivity contribution in [2.45, 2.75) is 19.5 Å². The third-order valence-corrected chi connectivity index (χ3v) is 6.53. The lowest BCUT2D eigenvalue weighted by molar-refractivity contribution is -0.193. The number of nitrogens with one attached hydrogen (secondary N) is 1. The van der Waals surface area contributed by atoms with Crippen molar-refractivity contribution in [2.75, 3.05) is 31.5 Å². The Kier molecular flexibility index (Phi) is 7.39. The average molecular weight is 535 g/mol. The zero-order chi connectivity index (χ0) is 27.5. The van der Waals surface area contributed by atoms with Crippen LogP contribution in [0.4, 0.5) is 10.1 Å². The number of amides is 1. The molecule has 1 aliphatic heterocycles. The van der Waals surface area contributed by atoms with Gasteiger partial charge in [0.2, 0.25) is 0 Å². The van der Waals surface area contributed by atoms with Crippen LogP contribution in [0.2, 0.25) is 0 Å². The van der Waals surface area contributed by atoms with Gasteiger partial charge in [0.15, 0.2) is 17.8 Å². The molecule has 1 atom stereocenters. The van der Waals surface area contributed by atoms with E-state index in [2.05, 4.69) is 10.3 Å². The third-order valence-electron chi connectivity index (χ3n) is 6.53. The summed E-state index contributed by atoms with van der Waals surface area (Å²) in [5.74, 6) is -2.49. The van der Waals surface area contributed by atoms with Crippen molar-refractivity contribution in [3.8, 4) is 0 Å². The first-order valence-corrected chi connectivity index (χ1v) is 12.4. The maximum absolute atomic E-state index is 15.0. The summed E-state index contributed by atoms with van der Waals surface area (Å²) in [5, 5.41) is 4.68. The van der Waals surface area contributed by atoms with Gasteiger partial charge in [-0.2, -0.15) is 0 Å². The Morgan fingerprint density at radius 2 is 1.90 bits per heavy atom. The summed E-state index contributed by atoms with van der Waals surface area (Å²) in [4.78, 5) is 49.3. The topological polar surface area (TPSA) is 136 Å². The van der Waals surface area contributed by atoms with Gasteiger partial charge in [-0.05, 0) is 35.4 Å². The predicted molar refractivity (Wildman–Crippen MR) is 139 cm³/mol. The van der Waals surface area contributed by atoms with Gasteiger partial charge >= 0.3 is 5.97 Å². The molecule has 3 heterocycles. The number of halogens is 1. The Balaban J connectivity index is 1.48. The molecule has 12 heteroatoms. The molecule has 0 saturated carbocycles. The molecule has 1 aliphatic rings. The first kappa shape index (κ1) is 26.1. The molecule has 3 N–H and O–H groups in total. The molecule has 1 fully saturated rings. The minimum Gasteiger partial charge on any atom is -0.443 e. The molecule has 0 aliphatic carbocycles. The Bertz CT molecular complexity index is 1520. The predicted octanol–water partition coefficient (Wildman–Crippen LogP) is 2.96. The molecule has 2 aromatic heterocycles. The van der Waals surface area contributed by atoms with Crippen LogP contribution >= 0.6 is 0 Å². The third kappa shape index (κ3) is 5.38. The van der Waals surface area contributed by atoms with Gasteiger partial charge in [-0.25, -0.2) is 9.37 Å². The number of benzene rings is 2. The zero-order valence-electron chi connectivity index (χ0n) is 21.2. The number of para-hydroxylation sites is 1. The summed E-state index contributed by atoms with van der Waals surface area (Å²) in [6.45, 7) is 2.43. The molecule has 5 rings (SSSR count). The largest absolute Gasteiger partial charge is 0.443 e. The number of fused-ring (bicyclic) bond motifs is 1. The second-order valence-corrected chi connectivity index (χ2v) is 9.04. The molecule has 202 valence electrons. The quantitative estimate of drug-likeness (QED) is 0.367. The average Bonchev–Trinajstić information content (AvgIpc) is 3.57. The van der Waals surface area contributed by atoms with E-state index in [1.54, 1.807) is 24.3 Å². The van der Waals surface area contributed by atoms with Crippen LogP contribution in [-0.4, -0.2) is 63.5 Å². The molecular weight excluding hydrogens is 507 g/mol. The maximum Gasteiger partial charge on any atom is 0.322 e. The number of nitrogens with zero attached hydrogens (tertiary/aromatic N) is 4. The number of hydroxylamine groups is 2. The fraction of sp³-hybridized carbons (Fsp3) is 0.259. The number of piperazine rings is 1. The Labute approximate surface area is 222 Å². The first-order valence-electron chi connectivity index (χ1n) is 12.4. The van der Waals surface area contributed by atoms with Crippen molar-refractivity contribution < 1.29 is 28.0 Å². The molecule has 1 amide bonds. The Morgan fingerprint density at radius 3 is 2.64 bits per heavy atom. The number of hydrogen-bond donors (Lipinski definition) is 2. The molecule has 0 radical (unpaired) electrons. The molecule has 4 aromatic rings. The van der Waals surface area contributed by atoms with Gasteiger partial charge in [0.25, 0.3) is 11.8 Å². The minimum absolute atomic E-state index is 0.193. The smallest absolute Gasteiger partial charge is 0.322 e. The number of anilines is 1. The normalized spacial score (nSPS) is 14.8. The van der Waals surface area contributed by atoms with Gasteiger partial charge in [-0.3, -0.25) is 19.0 Å². The number of rotatable bonds is 7. The van der Waals surface area contributed by atoms with Crippen molar-refractivity contribution in [1.82, 2.24) is 19.5 Å². The van der Waals surface area contributed by atoms with Crippen molar-refractivity contribution in [3.63, 3.8) is 0 Å². The van der Waals surface area contributed by atoms with Gasteiger partial charge in [0.1, 0.15) is 17.3 Å². The van der Waals surface area contributed by atoms with E-state index in [0.717, 1.165) is 16.2 Å². The van der Waals surface area contributed by atoms with E-state index >= 15 is 4.39 Å². The summed E-state index contributed by atoms with van der Waals surface area (Å²) in [5.41, 5.74) is 8.55. The van der Waals surface area contributed by atoms with Gasteiger partial charge in [-0.15, -0.1) is 5.06 Å². The highest BCUT2D eigenvalue weighted by Gasteiger charge is 2.32. The van der Waals surface area contributed by atoms with Crippen molar-refractivity contribution >= 4 is 34.6 Å². The SMILES string of the molecule is CC(=O)ON1CCN(C(=O)c2c(F)ccn2C(=O)C(Nc2ccccc2CN)c2ccc3ncoc3c2)CC1. The number of nitrogens with two attached hydrogens (primary N) is 1. The molecule has 2 aromatic carbocycles. The fourth-order valence-electron chi connectivity index (χ4n) is 4.58. The van der Waals surface area contributed by atoms with Crippen LogP contribution in [0.1, 0.15) is 39.4 Å². The molecule has 0 bridgehead atoms. The summed E-state index contributed by atoms with van der Waals surface area (Å²) in [7, 11) is 0. The second kappa shape index (κ2) is 11.1. The Hall–Kier alpha value is -4.55. The standard InChI is InChI=1S/C27H27FN6O5/c1-17(35)39-33-12-10-32(11-13-33)27(37)25-20(28)8-9-34(25)26(36)24(31-21-5-3-2-4-19(21)15-29)18-6-7-22-23(14-18)38-16-30-22/h2-9,14,16,24,31H,10-13,15,29H2,1H3. The van der Waals surface area contributed by atoms with Crippen LogP contribution in [0.3, 0.4) is 0 Å². The summed E-state index contributed by atoms with van der Waals surface area (Å²) >= 11 is 0. The number of carbonyl (C=O) groups excluding carboxylic acids is 3. The van der Waals surface area contributed by atoms with E-state index in [-0.39, 0.29) is 38.4 Å². The summed E-state index contributed by atoms with van der Waals surface area (Å²) in [6.07, 6.45) is 2.55. The van der Waals surface area contributed by atoms with Crippen molar-refractivity contribution in [1.29, 1.82) is 0 Å². The first-order chi connectivity index (χ1) is 18.9. The van der Waals surface area contributed by atoms with Crippen LogP contribution in [0.5, 0.6) is 0 Å². The van der Waals surface area contributed by atoms with E-state index in [1.165, 1.54) is 29.5 Å². The molecule has 1 unspecified atom stereocenters. The van der Waals surface area contributed by atoms with Gasteiger partial charge in [0, 0.05) is 38.4 Å². The monoisotopic (exact) mass is 534 g/mol. The van der Waals surface area contributed by atoms with Crippen LogP contribution < -0.4 is 11.1 Å². The highest BCUT2D eigenvalue weighted by Crippen LogP contribution is 2.28. The summed E-state index contributed by atoms with van der Waals surface area (Å²) < 4.78 is 21.5. The van der Waals surface area contributed by atoms with Crippen LogP contribution in [0.25, 0.3) is 11.1 Å². The highest BCUT2D eigenvalue weighted by atomic mass is 19.1. The van der Waals surface area contributed by atoms with Crippen LogP contribution in [0.15, 0.2) is 65.5 Å². The second-order valence-electron chi connectivity index (χ2n) is 9.04. The summed E-state index contributed by atoms with van der Waals surface area (Å²) in [6, 6.07) is 12.5. The lowest BCUT2D eigenvalue weighted by atomic mass is 10.0. The molecule has 0 spiro atoms. The molecule has 1 saturated heterocycles. The Morgan fingerprint density at radius 1 is 1.13 bits per heavy atom. The number of carbonyl (C=O) groups is 3. The zero-order valence-corrected chi connectivity index (χ0v) is 21.2. The van der Waals surface area contributed by atoms with Gasteiger partial charge in [-0.1, -0.05) is 24.3 Å². The van der Waals surface area contributed by atoms with Gasteiger partial charge < -0.3 is 25.2 Å². The number of hydrogen-bond acceptors (Lipinski definition) is 9. The van der Waals surface area contributed by atoms with E-state index in [1.807, 2.05) is 18.2 Å². The van der Waals surface area contributed by atoms with Crippen molar-refractivity contribution in [3.05, 3.63) is 83.8 Å². The van der Waals surface area contributed by atoms with E-state index in [9.17, 15) is 14.4 Å². The van der Waals surface area contributed by atoms with Gasteiger partial charge in [0.05, 0.1) is 13.1 Å². The molecule has 11 nitrogen and oxygen atoms in total. The van der Waals surface area contributed by atoms with E-state index in [0.29, 0.717) is 22.4 Å². The molecular formula is C27H27FN6O5. The van der Waals surface area contributed by atoms with Crippen molar-refractivity contribution in [2.24, 2.45) is 5.73 Å². The van der Waals surface area contributed by atoms with Crippen LogP contribution in [-0.2, 0) is 16.2 Å². The van der Waals surface area contributed by atoms with E-state index in [4.69, 9.17) is 15.0 Å². The minimum atomic E-state index is -1.02. The lowest BCUT2D eigenvalue weighted by Gasteiger charge is -2.33. The van der Waals surface area contributed by atoms with Crippen LogP contribution in [0, 0.1) is 5.82 Å². The maximum atomic E-state index is 15.0.